The number of benzene rings is 1. The van der Waals surface area contributed by atoms with Crippen molar-refractivity contribution in [1.29, 1.82) is 0 Å². The Labute approximate surface area is 182 Å². The molecule has 0 aliphatic carbocycles. The zero-order valence-electron chi connectivity index (χ0n) is 17.3. The van der Waals surface area contributed by atoms with E-state index >= 15 is 0 Å². The normalized spacial score (nSPS) is 17.4. The first kappa shape index (κ1) is 21.0. The van der Waals surface area contributed by atoms with E-state index < -0.39 is 0 Å². The standard InChI is InChI=1S/C22H30N4O3S/c1-3-19(30-16-1)6-7-23-22(24-8-9-26-10-14-27-15-11-26)25-18-4-5-20-21(17-18)29-13-2-12-28-20/h1,3-5,16-17H,2,6-15H2,(H2,23,24,25). The summed E-state index contributed by atoms with van der Waals surface area (Å²) in [5.74, 6) is 2.37. The molecule has 30 heavy (non-hydrogen) atoms. The first-order valence-corrected chi connectivity index (χ1v) is 11.5. The van der Waals surface area contributed by atoms with Gasteiger partial charge in [-0.25, -0.2) is 0 Å². The Morgan fingerprint density at radius 1 is 1.07 bits per heavy atom. The number of ether oxygens (including phenoxy) is 3. The van der Waals surface area contributed by atoms with E-state index in [1.54, 1.807) is 11.3 Å². The molecule has 162 valence electrons. The minimum Gasteiger partial charge on any atom is -0.490 e. The molecule has 2 aromatic rings. The number of guanidine groups is 1. The average Bonchev–Trinajstić information content (AvgIpc) is 3.18. The SMILES string of the molecule is c1csc(CCNC(=NCCN2CCOCC2)Nc2ccc3c(c2)OCCCO3)c1. The van der Waals surface area contributed by atoms with Crippen LogP contribution < -0.4 is 20.1 Å². The van der Waals surface area contributed by atoms with Crippen LogP contribution in [-0.4, -0.2) is 70.0 Å². The number of nitrogens with one attached hydrogen (secondary N) is 2. The fourth-order valence-corrected chi connectivity index (χ4v) is 4.11. The van der Waals surface area contributed by atoms with Crippen LogP contribution in [0.25, 0.3) is 0 Å². The van der Waals surface area contributed by atoms with E-state index in [1.165, 1.54) is 4.88 Å². The van der Waals surface area contributed by atoms with Crippen molar-refractivity contribution in [2.75, 3.05) is 64.5 Å². The molecule has 1 fully saturated rings. The van der Waals surface area contributed by atoms with Gasteiger partial charge in [0.05, 0.1) is 33.0 Å². The second-order valence-electron chi connectivity index (χ2n) is 7.28. The highest BCUT2D eigenvalue weighted by molar-refractivity contribution is 7.09. The third-order valence-electron chi connectivity index (χ3n) is 5.04. The van der Waals surface area contributed by atoms with E-state index in [2.05, 4.69) is 33.0 Å². The number of hydrogen-bond acceptors (Lipinski definition) is 6. The van der Waals surface area contributed by atoms with Gasteiger partial charge in [0.1, 0.15) is 0 Å². The zero-order chi connectivity index (χ0) is 20.4. The van der Waals surface area contributed by atoms with Crippen molar-refractivity contribution in [3.05, 3.63) is 40.6 Å². The van der Waals surface area contributed by atoms with Crippen LogP contribution >= 0.6 is 11.3 Å². The van der Waals surface area contributed by atoms with Gasteiger partial charge in [-0.05, 0) is 30.0 Å². The number of morpholine rings is 1. The number of aliphatic imine (C=N–C) groups is 1. The van der Waals surface area contributed by atoms with Gasteiger partial charge < -0.3 is 24.8 Å². The maximum atomic E-state index is 5.82. The molecule has 0 unspecified atom stereocenters. The lowest BCUT2D eigenvalue weighted by Crippen LogP contribution is -2.38. The molecule has 2 aliphatic heterocycles. The Balaban J connectivity index is 1.37. The summed E-state index contributed by atoms with van der Waals surface area (Å²) in [6, 6.07) is 10.2. The Morgan fingerprint density at radius 2 is 1.93 bits per heavy atom. The molecule has 2 aliphatic rings. The van der Waals surface area contributed by atoms with Crippen molar-refractivity contribution in [1.82, 2.24) is 10.2 Å². The van der Waals surface area contributed by atoms with Gasteiger partial charge in [0, 0.05) is 49.2 Å². The monoisotopic (exact) mass is 430 g/mol. The molecule has 8 heteroatoms. The Hall–Kier alpha value is -2.29. The van der Waals surface area contributed by atoms with Crippen LogP contribution in [0.4, 0.5) is 5.69 Å². The van der Waals surface area contributed by atoms with Crippen molar-refractivity contribution in [2.24, 2.45) is 4.99 Å². The molecular weight excluding hydrogens is 400 g/mol. The summed E-state index contributed by atoms with van der Waals surface area (Å²) in [5.41, 5.74) is 0.938. The molecule has 7 nitrogen and oxygen atoms in total. The van der Waals surface area contributed by atoms with Crippen LogP contribution in [0, 0.1) is 0 Å². The average molecular weight is 431 g/mol. The van der Waals surface area contributed by atoms with E-state index in [0.29, 0.717) is 13.2 Å². The zero-order valence-corrected chi connectivity index (χ0v) is 18.1. The molecular formula is C22H30N4O3S. The van der Waals surface area contributed by atoms with Crippen LogP contribution in [0.5, 0.6) is 11.5 Å². The van der Waals surface area contributed by atoms with Crippen LogP contribution in [0.1, 0.15) is 11.3 Å². The predicted molar refractivity (Wildman–Crippen MR) is 121 cm³/mol. The highest BCUT2D eigenvalue weighted by Gasteiger charge is 2.12. The van der Waals surface area contributed by atoms with Gasteiger partial charge in [0.15, 0.2) is 17.5 Å². The third kappa shape index (κ3) is 6.35. The summed E-state index contributed by atoms with van der Waals surface area (Å²) in [4.78, 5) is 8.56. The summed E-state index contributed by atoms with van der Waals surface area (Å²) < 4.78 is 17.0. The quantitative estimate of drug-likeness (QED) is 0.520. The van der Waals surface area contributed by atoms with Gasteiger partial charge in [-0.15, -0.1) is 11.3 Å². The van der Waals surface area contributed by atoms with Crippen molar-refractivity contribution in [3.8, 4) is 11.5 Å². The summed E-state index contributed by atoms with van der Waals surface area (Å²) in [7, 11) is 0. The van der Waals surface area contributed by atoms with Gasteiger partial charge in [-0.3, -0.25) is 9.89 Å². The highest BCUT2D eigenvalue weighted by atomic mass is 32.1. The number of anilines is 1. The molecule has 0 amide bonds. The summed E-state index contributed by atoms with van der Waals surface area (Å²) >= 11 is 1.78. The summed E-state index contributed by atoms with van der Waals surface area (Å²) in [6.07, 6.45) is 1.87. The van der Waals surface area contributed by atoms with Gasteiger partial charge >= 0.3 is 0 Å². The van der Waals surface area contributed by atoms with E-state index in [-0.39, 0.29) is 0 Å². The predicted octanol–water partition coefficient (Wildman–Crippen LogP) is 2.84. The first-order chi connectivity index (χ1) is 14.9. The van der Waals surface area contributed by atoms with Gasteiger partial charge in [0.2, 0.25) is 0 Å². The fourth-order valence-electron chi connectivity index (χ4n) is 3.40. The van der Waals surface area contributed by atoms with Gasteiger partial charge in [-0.1, -0.05) is 6.07 Å². The molecule has 1 aromatic carbocycles. The van der Waals surface area contributed by atoms with Gasteiger partial charge in [0.25, 0.3) is 0 Å². The third-order valence-corrected chi connectivity index (χ3v) is 5.98. The van der Waals surface area contributed by atoms with Crippen LogP contribution in [0.3, 0.4) is 0 Å². The molecule has 0 spiro atoms. The Kier molecular flexibility index (Phi) is 7.82. The fraction of sp³-hybridized carbons (Fsp3) is 0.500. The first-order valence-electron chi connectivity index (χ1n) is 10.6. The maximum Gasteiger partial charge on any atom is 0.195 e. The lowest BCUT2D eigenvalue weighted by molar-refractivity contribution is 0.0394. The number of hydrogen-bond donors (Lipinski definition) is 2. The Bertz CT molecular complexity index is 807. The number of nitrogens with zero attached hydrogens (tertiary/aromatic N) is 2. The second-order valence-corrected chi connectivity index (χ2v) is 8.31. The van der Waals surface area contributed by atoms with E-state index in [1.807, 2.05) is 18.2 Å². The smallest absolute Gasteiger partial charge is 0.195 e. The molecule has 3 heterocycles. The highest BCUT2D eigenvalue weighted by Crippen LogP contribution is 2.32. The minimum absolute atomic E-state index is 0.677. The van der Waals surface area contributed by atoms with E-state index in [9.17, 15) is 0 Å². The Morgan fingerprint density at radius 3 is 2.77 bits per heavy atom. The minimum atomic E-state index is 0.677. The van der Waals surface area contributed by atoms with E-state index in [4.69, 9.17) is 19.2 Å². The second kappa shape index (κ2) is 11.2. The molecule has 0 atom stereocenters. The van der Waals surface area contributed by atoms with Crippen LogP contribution in [0.2, 0.25) is 0 Å². The van der Waals surface area contributed by atoms with E-state index in [0.717, 1.165) is 81.9 Å². The van der Waals surface area contributed by atoms with Gasteiger partial charge in [-0.2, -0.15) is 0 Å². The topological polar surface area (TPSA) is 67.4 Å². The summed E-state index contributed by atoms with van der Waals surface area (Å²) in [5, 5.41) is 9.01. The maximum absolute atomic E-state index is 5.82. The molecule has 0 saturated carbocycles. The lowest BCUT2D eigenvalue weighted by atomic mass is 10.2. The van der Waals surface area contributed by atoms with Crippen molar-refractivity contribution < 1.29 is 14.2 Å². The van der Waals surface area contributed by atoms with Crippen LogP contribution in [0.15, 0.2) is 40.7 Å². The van der Waals surface area contributed by atoms with Crippen molar-refractivity contribution in [2.45, 2.75) is 12.8 Å². The molecule has 0 bridgehead atoms. The molecule has 1 aromatic heterocycles. The number of rotatable bonds is 7. The number of fused-ring (bicyclic) bond motifs is 1. The van der Waals surface area contributed by atoms with Crippen LogP contribution in [-0.2, 0) is 11.2 Å². The molecule has 4 rings (SSSR count). The summed E-state index contributed by atoms with van der Waals surface area (Å²) in [6.45, 7) is 7.44. The van der Waals surface area contributed by atoms with Crippen molar-refractivity contribution >= 4 is 23.0 Å². The molecule has 2 N–H and O–H groups in total. The largest absolute Gasteiger partial charge is 0.490 e. The lowest BCUT2D eigenvalue weighted by Gasteiger charge is -2.25. The molecule has 0 radical (unpaired) electrons. The number of thiophene rings is 1. The molecule has 1 saturated heterocycles. The van der Waals surface area contributed by atoms with Crippen molar-refractivity contribution in [3.63, 3.8) is 0 Å².